The molecule has 1 aromatic rings. The number of ether oxygens (including phenoxy) is 2. The number of rotatable bonds is 3. The van der Waals surface area contributed by atoms with Crippen molar-refractivity contribution in [3.8, 4) is 5.75 Å². The lowest BCUT2D eigenvalue weighted by atomic mass is 10.1. The molecule has 0 spiro atoms. The van der Waals surface area contributed by atoms with Gasteiger partial charge in [-0.3, -0.25) is 0 Å². The van der Waals surface area contributed by atoms with Crippen LogP contribution in [0.25, 0.3) is 0 Å². The van der Waals surface area contributed by atoms with Crippen molar-refractivity contribution >= 4 is 11.6 Å². The lowest BCUT2D eigenvalue weighted by molar-refractivity contribution is 0.0252. The van der Waals surface area contributed by atoms with E-state index >= 15 is 0 Å². The fourth-order valence-electron chi connectivity index (χ4n) is 1.90. The first-order valence-electron chi connectivity index (χ1n) is 5.69. The summed E-state index contributed by atoms with van der Waals surface area (Å²) in [6.07, 6.45) is 2.21. The molecular weight excluding hydrogens is 224 g/mol. The molecule has 1 heterocycles. The van der Waals surface area contributed by atoms with E-state index in [1.807, 2.05) is 6.07 Å². The van der Waals surface area contributed by atoms with Gasteiger partial charge in [-0.25, -0.2) is 0 Å². The zero-order chi connectivity index (χ0) is 11.4. The Morgan fingerprint density at radius 1 is 1.38 bits per heavy atom. The highest BCUT2D eigenvalue weighted by Crippen LogP contribution is 2.25. The molecule has 1 aromatic carbocycles. The van der Waals surface area contributed by atoms with Crippen LogP contribution in [0.1, 0.15) is 24.0 Å². The third-order valence-electron chi connectivity index (χ3n) is 2.82. The van der Waals surface area contributed by atoms with Crippen molar-refractivity contribution in [3.63, 3.8) is 0 Å². The molecule has 1 saturated heterocycles. The van der Waals surface area contributed by atoms with Crippen molar-refractivity contribution in [3.05, 3.63) is 29.3 Å². The molecule has 0 atom stereocenters. The molecule has 1 fully saturated rings. The van der Waals surface area contributed by atoms with Gasteiger partial charge >= 0.3 is 0 Å². The van der Waals surface area contributed by atoms with Crippen LogP contribution in [0.2, 0.25) is 0 Å². The van der Waals surface area contributed by atoms with Crippen molar-refractivity contribution in [1.82, 2.24) is 0 Å². The number of alkyl halides is 1. The second-order valence-electron chi connectivity index (χ2n) is 4.17. The zero-order valence-corrected chi connectivity index (χ0v) is 10.3. The van der Waals surface area contributed by atoms with Crippen LogP contribution < -0.4 is 4.74 Å². The van der Waals surface area contributed by atoms with Crippen LogP contribution in [0, 0.1) is 6.92 Å². The summed E-state index contributed by atoms with van der Waals surface area (Å²) in [5.74, 6) is 1.42. The highest BCUT2D eigenvalue weighted by molar-refractivity contribution is 6.17. The molecule has 0 aliphatic carbocycles. The summed E-state index contributed by atoms with van der Waals surface area (Å²) in [5, 5.41) is 0. The Morgan fingerprint density at radius 2 is 2.12 bits per heavy atom. The van der Waals surface area contributed by atoms with E-state index in [2.05, 4.69) is 19.1 Å². The number of halogens is 1. The van der Waals surface area contributed by atoms with Gasteiger partial charge in [0.25, 0.3) is 0 Å². The van der Waals surface area contributed by atoms with E-state index in [0.717, 1.165) is 37.4 Å². The largest absolute Gasteiger partial charge is 0.490 e. The van der Waals surface area contributed by atoms with Gasteiger partial charge in [0.05, 0.1) is 19.1 Å². The minimum Gasteiger partial charge on any atom is -0.490 e. The zero-order valence-electron chi connectivity index (χ0n) is 9.54. The van der Waals surface area contributed by atoms with Gasteiger partial charge in [-0.1, -0.05) is 17.7 Å². The highest BCUT2D eigenvalue weighted by atomic mass is 35.5. The van der Waals surface area contributed by atoms with E-state index in [4.69, 9.17) is 21.1 Å². The number of benzene rings is 1. The summed E-state index contributed by atoms with van der Waals surface area (Å²) >= 11 is 5.92. The Kier molecular flexibility index (Phi) is 4.08. The van der Waals surface area contributed by atoms with Gasteiger partial charge in [-0.2, -0.15) is 0 Å². The molecule has 0 bridgehead atoms. The van der Waals surface area contributed by atoms with Crippen LogP contribution in [0.5, 0.6) is 5.75 Å². The molecule has 16 heavy (non-hydrogen) atoms. The van der Waals surface area contributed by atoms with Gasteiger partial charge in [0.2, 0.25) is 0 Å². The van der Waals surface area contributed by atoms with Crippen LogP contribution in [0.4, 0.5) is 0 Å². The second-order valence-corrected chi connectivity index (χ2v) is 4.44. The van der Waals surface area contributed by atoms with E-state index in [0.29, 0.717) is 5.88 Å². The topological polar surface area (TPSA) is 18.5 Å². The number of hydrogen-bond donors (Lipinski definition) is 0. The maximum Gasteiger partial charge on any atom is 0.124 e. The van der Waals surface area contributed by atoms with Crippen LogP contribution in [-0.2, 0) is 10.6 Å². The summed E-state index contributed by atoms with van der Waals surface area (Å²) in [6, 6.07) is 6.16. The van der Waals surface area contributed by atoms with E-state index in [-0.39, 0.29) is 6.10 Å². The number of aryl methyl sites for hydroxylation is 1. The van der Waals surface area contributed by atoms with E-state index < -0.39 is 0 Å². The van der Waals surface area contributed by atoms with Gasteiger partial charge in [-0.15, -0.1) is 11.6 Å². The van der Waals surface area contributed by atoms with Crippen molar-refractivity contribution in [2.24, 2.45) is 0 Å². The first-order valence-corrected chi connectivity index (χ1v) is 6.23. The summed E-state index contributed by atoms with van der Waals surface area (Å²) in [4.78, 5) is 0. The monoisotopic (exact) mass is 240 g/mol. The lowest BCUT2D eigenvalue weighted by Gasteiger charge is -2.24. The Balaban J connectivity index is 2.07. The molecule has 2 rings (SSSR count). The summed E-state index contributed by atoms with van der Waals surface area (Å²) in [5.41, 5.74) is 2.29. The molecule has 0 radical (unpaired) electrons. The Hall–Kier alpha value is -0.730. The predicted molar refractivity (Wildman–Crippen MR) is 65.2 cm³/mol. The predicted octanol–water partition coefficient (Wildman–Crippen LogP) is 3.29. The lowest BCUT2D eigenvalue weighted by Crippen LogP contribution is -2.26. The summed E-state index contributed by atoms with van der Waals surface area (Å²) in [6.45, 7) is 3.66. The molecular formula is C13H17ClO2. The highest BCUT2D eigenvalue weighted by Gasteiger charge is 2.16. The van der Waals surface area contributed by atoms with E-state index in [1.54, 1.807) is 0 Å². The van der Waals surface area contributed by atoms with Crippen molar-refractivity contribution in [1.29, 1.82) is 0 Å². The molecule has 0 amide bonds. The quantitative estimate of drug-likeness (QED) is 0.755. The molecule has 2 nitrogen and oxygen atoms in total. The maximum atomic E-state index is 5.97. The van der Waals surface area contributed by atoms with Crippen LogP contribution >= 0.6 is 11.6 Å². The standard InChI is InChI=1S/C13H17ClO2/c1-10-2-3-13(11(8-10)9-14)16-12-4-6-15-7-5-12/h2-3,8,12H,4-7,9H2,1H3. The summed E-state index contributed by atoms with van der Waals surface area (Å²) < 4.78 is 11.3. The molecule has 88 valence electrons. The van der Waals surface area contributed by atoms with Crippen molar-refractivity contribution in [2.75, 3.05) is 13.2 Å². The van der Waals surface area contributed by atoms with E-state index in [9.17, 15) is 0 Å². The third kappa shape index (κ3) is 2.89. The average molecular weight is 241 g/mol. The molecule has 0 saturated carbocycles. The Labute approximate surface area is 102 Å². The third-order valence-corrected chi connectivity index (χ3v) is 3.11. The Bertz CT molecular complexity index is 346. The van der Waals surface area contributed by atoms with Crippen LogP contribution in [-0.4, -0.2) is 19.3 Å². The van der Waals surface area contributed by atoms with Gasteiger partial charge in [-0.05, 0) is 13.0 Å². The molecule has 0 aromatic heterocycles. The molecule has 1 aliphatic rings. The van der Waals surface area contributed by atoms with Crippen molar-refractivity contribution in [2.45, 2.75) is 31.7 Å². The first-order chi connectivity index (χ1) is 7.79. The molecule has 0 N–H and O–H groups in total. The van der Waals surface area contributed by atoms with Crippen LogP contribution in [0.3, 0.4) is 0 Å². The minimum atomic E-state index is 0.276. The summed E-state index contributed by atoms with van der Waals surface area (Å²) in [7, 11) is 0. The second kappa shape index (κ2) is 5.55. The fraction of sp³-hybridized carbons (Fsp3) is 0.538. The van der Waals surface area contributed by atoms with Gasteiger partial charge in [0.1, 0.15) is 11.9 Å². The van der Waals surface area contributed by atoms with Crippen LogP contribution in [0.15, 0.2) is 18.2 Å². The van der Waals surface area contributed by atoms with Gasteiger partial charge < -0.3 is 9.47 Å². The first kappa shape index (κ1) is 11.7. The fourth-order valence-corrected chi connectivity index (χ4v) is 2.11. The van der Waals surface area contributed by atoms with Gasteiger partial charge in [0, 0.05) is 18.4 Å². The Morgan fingerprint density at radius 3 is 2.81 bits per heavy atom. The smallest absolute Gasteiger partial charge is 0.124 e. The SMILES string of the molecule is Cc1ccc(OC2CCOCC2)c(CCl)c1. The molecule has 0 unspecified atom stereocenters. The molecule has 3 heteroatoms. The molecule has 1 aliphatic heterocycles. The van der Waals surface area contributed by atoms with Gasteiger partial charge in [0.15, 0.2) is 0 Å². The number of hydrogen-bond acceptors (Lipinski definition) is 2. The normalized spacial score (nSPS) is 17.4. The maximum absolute atomic E-state index is 5.97. The minimum absolute atomic E-state index is 0.276. The van der Waals surface area contributed by atoms with Crippen molar-refractivity contribution < 1.29 is 9.47 Å². The average Bonchev–Trinajstić information content (AvgIpc) is 2.33. The van der Waals surface area contributed by atoms with E-state index in [1.165, 1.54) is 5.56 Å².